The zero-order valence-corrected chi connectivity index (χ0v) is 28.7. The molecule has 2 aliphatic carbocycles. The average Bonchev–Trinajstić information content (AvgIpc) is 3.71. The Morgan fingerprint density at radius 2 is 0.981 bits per heavy atom. The summed E-state index contributed by atoms with van der Waals surface area (Å²) in [6.45, 7) is 0. The Balaban J connectivity index is 1.17. The van der Waals surface area contributed by atoms with E-state index in [0.717, 1.165) is 33.1 Å². The Labute approximate surface area is 306 Å². The third-order valence-electron chi connectivity index (χ3n) is 11.9. The maximum Gasteiger partial charge on any atom is 0.0972 e. The van der Waals surface area contributed by atoms with E-state index in [0.29, 0.717) is 0 Å². The average molecular weight is 671 g/mol. The lowest BCUT2D eigenvalue weighted by molar-refractivity contribution is 0.795. The van der Waals surface area contributed by atoms with E-state index in [-0.39, 0.29) is 0 Å². The number of aromatic nitrogens is 2. The van der Waals surface area contributed by atoms with Gasteiger partial charge >= 0.3 is 0 Å². The van der Waals surface area contributed by atoms with Crippen LogP contribution in [0.15, 0.2) is 182 Å². The van der Waals surface area contributed by atoms with Crippen LogP contribution < -0.4 is 0 Å². The van der Waals surface area contributed by atoms with Crippen LogP contribution in [0.4, 0.5) is 0 Å². The highest BCUT2D eigenvalue weighted by Crippen LogP contribution is 2.65. The maximum atomic E-state index is 5.23. The van der Waals surface area contributed by atoms with Crippen LogP contribution in [0, 0.1) is 0 Å². The van der Waals surface area contributed by atoms with Crippen molar-refractivity contribution in [3.63, 3.8) is 0 Å². The van der Waals surface area contributed by atoms with Crippen LogP contribution >= 0.6 is 0 Å². The fourth-order valence-corrected chi connectivity index (χ4v) is 9.72. The van der Waals surface area contributed by atoms with Crippen LogP contribution in [0.2, 0.25) is 0 Å². The number of hydrogen-bond donors (Lipinski definition) is 0. The lowest BCUT2D eigenvalue weighted by Gasteiger charge is -2.31. The highest BCUT2D eigenvalue weighted by atomic mass is 14.8. The SMILES string of the molecule is c1cc(-c2ccc3ccc4cccnc4c3n2)cc(-c2cc3c(c4ccccc24)-c2c(ccc4ccccc24)C32c3ccccc3-c3ccccc32)c1. The molecular formula is C51H30N2. The summed E-state index contributed by atoms with van der Waals surface area (Å²) in [5.41, 5.74) is 16.6. The van der Waals surface area contributed by atoms with Gasteiger partial charge in [-0.15, -0.1) is 0 Å². The first-order valence-corrected chi connectivity index (χ1v) is 18.3. The Morgan fingerprint density at radius 3 is 1.81 bits per heavy atom. The summed E-state index contributed by atoms with van der Waals surface area (Å²) >= 11 is 0. The van der Waals surface area contributed by atoms with Crippen molar-refractivity contribution in [2.24, 2.45) is 0 Å². The topological polar surface area (TPSA) is 25.8 Å². The largest absolute Gasteiger partial charge is 0.254 e. The molecule has 0 N–H and O–H groups in total. The minimum atomic E-state index is -0.452. The van der Waals surface area contributed by atoms with Crippen molar-refractivity contribution in [3.05, 3.63) is 204 Å². The normalized spacial score (nSPS) is 13.4. The molecule has 10 aromatic rings. The monoisotopic (exact) mass is 670 g/mol. The van der Waals surface area contributed by atoms with Crippen LogP contribution in [0.25, 0.3) is 88.0 Å². The van der Waals surface area contributed by atoms with E-state index >= 15 is 0 Å². The number of pyridine rings is 2. The smallest absolute Gasteiger partial charge is 0.0972 e. The molecule has 12 rings (SSSR count). The quantitative estimate of drug-likeness (QED) is 0.171. The highest BCUT2D eigenvalue weighted by Gasteiger charge is 2.52. The van der Waals surface area contributed by atoms with Crippen molar-refractivity contribution in [2.45, 2.75) is 5.41 Å². The number of rotatable bonds is 2. The Morgan fingerprint density at radius 1 is 0.358 bits per heavy atom. The van der Waals surface area contributed by atoms with Crippen LogP contribution in [0.5, 0.6) is 0 Å². The van der Waals surface area contributed by atoms with Crippen molar-refractivity contribution in [1.82, 2.24) is 9.97 Å². The molecule has 2 nitrogen and oxygen atoms in total. The predicted octanol–water partition coefficient (Wildman–Crippen LogP) is 12.8. The molecule has 8 aromatic carbocycles. The molecule has 1 spiro atoms. The van der Waals surface area contributed by atoms with Gasteiger partial charge in [-0.2, -0.15) is 0 Å². The molecule has 0 saturated carbocycles. The van der Waals surface area contributed by atoms with Crippen molar-refractivity contribution in [2.75, 3.05) is 0 Å². The van der Waals surface area contributed by atoms with Gasteiger partial charge in [-0.3, -0.25) is 4.98 Å². The summed E-state index contributed by atoms with van der Waals surface area (Å²) in [6, 6.07) is 64.9. The second-order valence-electron chi connectivity index (χ2n) is 14.4. The summed E-state index contributed by atoms with van der Waals surface area (Å²) < 4.78 is 0. The Hall–Kier alpha value is -6.90. The minimum Gasteiger partial charge on any atom is -0.254 e. The fourth-order valence-electron chi connectivity index (χ4n) is 9.72. The van der Waals surface area contributed by atoms with Crippen molar-refractivity contribution >= 4 is 43.4 Å². The summed E-state index contributed by atoms with van der Waals surface area (Å²) in [5.74, 6) is 0. The third-order valence-corrected chi connectivity index (χ3v) is 11.9. The second kappa shape index (κ2) is 10.6. The van der Waals surface area contributed by atoms with E-state index in [1.165, 1.54) is 77.2 Å². The van der Waals surface area contributed by atoms with Gasteiger partial charge in [0.25, 0.3) is 0 Å². The van der Waals surface area contributed by atoms with Gasteiger partial charge in [-0.25, -0.2) is 4.98 Å². The first-order valence-electron chi connectivity index (χ1n) is 18.3. The van der Waals surface area contributed by atoms with Gasteiger partial charge in [0.05, 0.1) is 22.1 Å². The summed E-state index contributed by atoms with van der Waals surface area (Å²) in [6.07, 6.45) is 1.85. The molecule has 2 heteroatoms. The minimum absolute atomic E-state index is 0.452. The van der Waals surface area contributed by atoms with Gasteiger partial charge in [0, 0.05) is 22.5 Å². The van der Waals surface area contributed by atoms with Crippen molar-refractivity contribution < 1.29 is 0 Å². The highest BCUT2D eigenvalue weighted by molar-refractivity contribution is 6.16. The molecule has 244 valence electrons. The number of hydrogen-bond acceptors (Lipinski definition) is 2. The van der Waals surface area contributed by atoms with Crippen LogP contribution in [-0.2, 0) is 5.41 Å². The molecule has 2 aliphatic rings. The summed E-state index contributed by atoms with van der Waals surface area (Å²) in [5, 5.41) is 7.29. The van der Waals surface area contributed by atoms with E-state index in [4.69, 9.17) is 9.97 Å². The predicted molar refractivity (Wildman–Crippen MR) is 219 cm³/mol. The molecule has 0 bridgehead atoms. The van der Waals surface area contributed by atoms with Gasteiger partial charge in [0.1, 0.15) is 0 Å². The zero-order chi connectivity index (χ0) is 34.7. The van der Waals surface area contributed by atoms with Gasteiger partial charge < -0.3 is 0 Å². The molecule has 2 aromatic heterocycles. The zero-order valence-electron chi connectivity index (χ0n) is 28.7. The Kier molecular flexibility index (Phi) is 5.73. The van der Waals surface area contributed by atoms with Gasteiger partial charge in [0.15, 0.2) is 0 Å². The van der Waals surface area contributed by atoms with E-state index in [1.807, 2.05) is 12.3 Å². The number of benzene rings is 8. The lowest BCUT2D eigenvalue weighted by atomic mass is 9.70. The lowest BCUT2D eigenvalue weighted by Crippen LogP contribution is -2.26. The van der Waals surface area contributed by atoms with Crippen molar-refractivity contribution in [3.8, 4) is 44.6 Å². The molecule has 0 amide bonds. The van der Waals surface area contributed by atoms with E-state index in [1.54, 1.807) is 0 Å². The summed E-state index contributed by atoms with van der Waals surface area (Å²) in [7, 11) is 0. The van der Waals surface area contributed by atoms with Gasteiger partial charge in [-0.05, 0) is 101 Å². The Bertz CT molecular complexity index is 3140. The van der Waals surface area contributed by atoms with E-state index in [9.17, 15) is 0 Å². The van der Waals surface area contributed by atoms with Gasteiger partial charge in [0.2, 0.25) is 0 Å². The molecule has 53 heavy (non-hydrogen) atoms. The van der Waals surface area contributed by atoms with Gasteiger partial charge in [-0.1, -0.05) is 152 Å². The van der Waals surface area contributed by atoms with Crippen LogP contribution in [-0.4, -0.2) is 9.97 Å². The molecule has 0 aliphatic heterocycles. The molecule has 0 fully saturated rings. The molecule has 2 heterocycles. The first-order chi connectivity index (χ1) is 26.3. The number of fused-ring (bicyclic) bond motifs is 17. The van der Waals surface area contributed by atoms with E-state index < -0.39 is 5.41 Å². The molecule has 0 unspecified atom stereocenters. The standard InChI is InChI=1S/C51H30N2/c1-2-15-36-31(11-1)24-26-44-47(36)48-40-19-4-3-16-37(40)41(30-45(48)51(44)42-20-7-5-17-38(42)39-18-6-8-21-43(39)51)34-12-9-13-35(29-34)46-27-25-33-23-22-32-14-10-28-52-49(32)50(33)53-46/h1-30H. The maximum absolute atomic E-state index is 5.23. The second-order valence-corrected chi connectivity index (χ2v) is 14.4. The van der Waals surface area contributed by atoms with Crippen LogP contribution in [0.3, 0.4) is 0 Å². The van der Waals surface area contributed by atoms with Crippen LogP contribution in [0.1, 0.15) is 22.3 Å². The van der Waals surface area contributed by atoms with E-state index in [2.05, 4.69) is 170 Å². The number of nitrogens with zero attached hydrogens (tertiary/aromatic N) is 2. The molecule has 0 radical (unpaired) electrons. The first kappa shape index (κ1) is 28.8. The summed E-state index contributed by atoms with van der Waals surface area (Å²) in [4.78, 5) is 9.95. The molecule has 0 saturated heterocycles. The third kappa shape index (κ3) is 3.77. The van der Waals surface area contributed by atoms with Crippen molar-refractivity contribution in [1.29, 1.82) is 0 Å². The molecule has 0 atom stereocenters. The fraction of sp³-hybridized carbons (Fsp3) is 0.0196. The molecular weight excluding hydrogens is 641 g/mol.